The summed E-state index contributed by atoms with van der Waals surface area (Å²) in [4.78, 5) is 35.9. The molecule has 4 rings (SSSR count). The number of hydrogen-bond acceptors (Lipinski definition) is 9. The van der Waals surface area contributed by atoms with Gasteiger partial charge < -0.3 is 5.32 Å². The van der Waals surface area contributed by atoms with Crippen LogP contribution in [0.3, 0.4) is 0 Å². The van der Waals surface area contributed by atoms with Crippen molar-refractivity contribution in [3.05, 3.63) is 74.5 Å². The summed E-state index contributed by atoms with van der Waals surface area (Å²) in [6, 6.07) is 12.6. The predicted octanol–water partition coefficient (Wildman–Crippen LogP) is 4.57. The number of carbonyl (C=O) groups is 1. The molecule has 0 saturated carbocycles. The van der Waals surface area contributed by atoms with Crippen LogP contribution in [0, 0.1) is 17.0 Å². The smallest absolute Gasteiger partial charge is 0.310 e. The lowest BCUT2D eigenvalue weighted by Gasteiger charge is -2.10. The summed E-state index contributed by atoms with van der Waals surface area (Å²) in [5.74, 6) is -0.703. The molecule has 12 heteroatoms. The Kier molecular flexibility index (Phi) is 5.73. The van der Waals surface area contributed by atoms with Crippen LogP contribution in [0.5, 0.6) is 0 Å². The maximum absolute atomic E-state index is 12.4. The van der Waals surface area contributed by atoms with E-state index in [2.05, 4.69) is 47.1 Å². The number of rotatable bonds is 6. The highest BCUT2D eigenvalue weighted by Gasteiger charge is 2.24. The number of thiazole rings is 1. The molecule has 10 nitrogen and oxygen atoms in total. The highest BCUT2D eigenvalue weighted by Crippen LogP contribution is 2.34. The average molecular weight is 500 g/mol. The molecule has 4 aromatic rings. The number of amides is 1. The number of para-hydroxylation sites is 1. The third-order valence-electron chi connectivity index (χ3n) is 4.26. The van der Waals surface area contributed by atoms with Gasteiger partial charge in [-0.25, -0.2) is 15.0 Å². The second-order valence-electron chi connectivity index (χ2n) is 6.30. The van der Waals surface area contributed by atoms with Crippen molar-refractivity contribution < 1.29 is 9.72 Å². The van der Waals surface area contributed by atoms with Gasteiger partial charge in [-0.3, -0.25) is 25.8 Å². The van der Waals surface area contributed by atoms with E-state index in [1.807, 2.05) is 25.1 Å². The number of nitrogens with zero attached hydrogens (tertiary/aromatic N) is 4. The van der Waals surface area contributed by atoms with Crippen molar-refractivity contribution in [1.82, 2.24) is 20.4 Å². The van der Waals surface area contributed by atoms with Crippen molar-refractivity contribution in [1.29, 1.82) is 0 Å². The number of hydrogen-bond donors (Lipinski definition) is 3. The fourth-order valence-corrected chi connectivity index (χ4v) is 4.21. The van der Waals surface area contributed by atoms with Gasteiger partial charge in [0.1, 0.15) is 6.33 Å². The topological polar surface area (TPSA) is 135 Å². The molecule has 2 aromatic carbocycles. The summed E-state index contributed by atoms with van der Waals surface area (Å²) in [5.41, 5.74) is 6.67. The standard InChI is InChI=1S/C19H14BrN7O3S/c1-10-5-4-8-13-14(10)23-19(31-13)24-16-15(27(29)30)17(22-9-21-16)25-26-18(28)11-6-2-3-7-12(11)20/h2-9H,1H3,(H,26,28)(H2,21,22,23,24,25). The van der Waals surface area contributed by atoms with Gasteiger partial charge in [-0.05, 0) is 46.6 Å². The lowest BCUT2D eigenvalue weighted by Crippen LogP contribution is -2.30. The first-order valence-electron chi connectivity index (χ1n) is 8.87. The largest absolute Gasteiger partial charge is 0.355 e. The average Bonchev–Trinajstić information content (AvgIpc) is 3.16. The number of aryl methyl sites for hydroxylation is 1. The minimum absolute atomic E-state index is 0.0469. The summed E-state index contributed by atoms with van der Waals surface area (Å²) in [7, 11) is 0. The highest BCUT2D eigenvalue weighted by atomic mass is 79.9. The Morgan fingerprint density at radius 2 is 1.90 bits per heavy atom. The molecule has 0 bridgehead atoms. The van der Waals surface area contributed by atoms with Gasteiger partial charge in [0.15, 0.2) is 5.13 Å². The predicted molar refractivity (Wildman–Crippen MR) is 122 cm³/mol. The second-order valence-corrected chi connectivity index (χ2v) is 8.19. The number of carbonyl (C=O) groups excluding carboxylic acids is 1. The zero-order chi connectivity index (χ0) is 22.0. The summed E-state index contributed by atoms with van der Waals surface area (Å²) >= 11 is 4.64. The summed E-state index contributed by atoms with van der Waals surface area (Å²) in [6.45, 7) is 1.94. The van der Waals surface area contributed by atoms with Crippen molar-refractivity contribution >= 4 is 65.8 Å². The number of nitrogens with one attached hydrogen (secondary N) is 3. The third kappa shape index (κ3) is 4.29. The molecule has 0 saturated heterocycles. The minimum Gasteiger partial charge on any atom is -0.310 e. The van der Waals surface area contributed by atoms with Gasteiger partial charge in [-0.15, -0.1) is 0 Å². The molecule has 0 unspecified atom stereocenters. The van der Waals surface area contributed by atoms with Crippen molar-refractivity contribution in [3.63, 3.8) is 0 Å². The Hall–Kier alpha value is -3.64. The minimum atomic E-state index is -0.631. The first-order chi connectivity index (χ1) is 14.9. The molecule has 0 atom stereocenters. The lowest BCUT2D eigenvalue weighted by atomic mass is 10.2. The number of nitro groups is 1. The van der Waals surface area contributed by atoms with Gasteiger partial charge in [0.2, 0.25) is 11.6 Å². The Labute approximate surface area is 188 Å². The molecular weight excluding hydrogens is 486 g/mol. The second kappa shape index (κ2) is 8.62. The SMILES string of the molecule is Cc1cccc2sc(Nc3ncnc(NNC(=O)c4ccccc4Br)c3[N+](=O)[O-])nc12. The van der Waals surface area contributed by atoms with E-state index in [1.54, 1.807) is 24.3 Å². The quantitative estimate of drug-likeness (QED) is 0.259. The highest BCUT2D eigenvalue weighted by molar-refractivity contribution is 9.10. The third-order valence-corrected chi connectivity index (χ3v) is 5.89. The molecule has 0 fully saturated rings. The monoisotopic (exact) mass is 499 g/mol. The molecule has 156 valence electrons. The molecule has 31 heavy (non-hydrogen) atoms. The number of aromatic nitrogens is 3. The van der Waals surface area contributed by atoms with E-state index in [0.717, 1.165) is 22.1 Å². The van der Waals surface area contributed by atoms with E-state index in [-0.39, 0.29) is 11.6 Å². The molecule has 0 spiro atoms. The maximum atomic E-state index is 12.4. The number of hydrazine groups is 1. The van der Waals surface area contributed by atoms with Crippen LogP contribution in [0.1, 0.15) is 15.9 Å². The van der Waals surface area contributed by atoms with Gasteiger partial charge in [0.25, 0.3) is 5.91 Å². The van der Waals surface area contributed by atoms with E-state index in [0.29, 0.717) is 15.2 Å². The Morgan fingerprint density at radius 3 is 2.65 bits per heavy atom. The normalized spacial score (nSPS) is 10.6. The van der Waals surface area contributed by atoms with Crippen LogP contribution in [0.25, 0.3) is 10.2 Å². The van der Waals surface area contributed by atoms with Gasteiger partial charge in [0, 0.05) is 4.47 Å². The molecule has 0 aliphatic carbocycles. The van der Waals surface area contributed by atoms with Crippen molar-refractivity contribution in [2.24, 2.45) is 0 Å². The van der Waals surface area contributed by atoms with E-state index >= 15 is 0 Å². The maximum Gasteiger partial charge on any atom is 0.355 e. The number of fused-ring (bicyclic) bond motifs is 1. The van der Waals surface area contributed by atoms with Gasteiger partial charge >= 0.3 is 5.69 Å². The summed E-state index contributed by atoms with van der Waals surface area (Å²) in [5, 5.41) is 15.1. The molecule has 0 aliphatic heterocycles. The lowest BCUT2D eigenvalue weighted by molar-refractivity contribution is -0.383. The molecule has 0 radical (unpaired) electrons. The van der Waals surface area contributed by atoms with Gasteiger partial charge in [0.05, 0.1) is 20.7 Å². The molecule has 2 heterocycles. The summed E-state index contributed by atoms with van der Waals surface area (Å²) in [6.07, 6.45) is 1.15. The van der Waals surface area contributed by atoms with Gasteiger partial charge in [-0.2, -0.15) is 0 Å². The van der Waals surface area contributed by atoms with Gasteiger partial charge in [-0.1, -0.05) is 35.6 Å². The molecule has 0 aliphatic rings. The number of benzene rings is 2. The summed E-state index contributed by atoms with van der Waals surface area (Å²) < 4.78 is 1.53. The van der Waals surface area contributed by atoms with E-state index in [1.165, 1.54) is 11.3 Å². The van der Waals surface area contributed by atoms with Crippen LogP contribution in [-0.2, 0) is 0 Å². The fraction of sp³-hybridized carbons (Fsp3) is 0.0526. The molecule has 1 amide bonds. The van der Waals surface area contributed by atoms with Crippen LogP contribution < -0.4 is 16.2 Å². The van der Waals surface area contributed by atoms with E-state index in [4.69, 9.17) is 0 Å². The number of halogens is 1. The van der Waals surface area contributed by atoms with Crippen molar-refractivity contribution in [2.45, 2.75) is 6.92 Å². The van der Waals surface area contributed by atoms with Crippen LogP contribution in [0.2, 0.25) is 0 Å². The Bertz CT molecular complexity index is 1310. The first kappa shape index (κ1) is 20.6. The Balaban J connectivity index is 1.60. The van der Waals surface area contributed by atoms with E-state index < -0.39 is 16.5 Å². The van der Waals surface area contributed by atoms with Crippen LogP contribution >= 0.6 is 27.3 Å². The van der Waals surface area contributed by atoms with Crippen molar-refractivity contribution in [3.8, 4) is 0 Å². The fourth-order valence-electron chi connectivity index (χ4n) is 2.80. The Morgan fingerprint density at radius 1 is 1.13 bits per heavy atom. The van der Waals surface area contributed by atoms with Crippen molar-refractivity contribution in [2.75, 3.05) is 10.7 Å². The zero-order valence-electron chi connectivity index (χ0n) is 15.9. The first-order valence-corrected chi connectivity index (χ1v) is 10.5. The molecule has 3 N–H and O–H groups in total. The van der Waals surface area contributed by atoms with Crippen LogP contribution in [0.15, 0.2) is 53.3 Å². The van der Waals surface area contributed by atoms with E-state index in [9.17, 15) is 14.9 Å². The van der Waals surface area contributed by atoms with Crippen LogP contribution in [-0.4, -0.2) is 25.8 Å². The van der Waals surface area contributed by atoms with Crippen LogP contribution in [0.4, 0.5) is 22.5 Å². The zero-order valence-corrected chi connectivity index (χ0v) is 18.3. The number of anilines is 3. The molecular formula is C19H14BrN7O3S. The molecule has 2 aromatic heterocycles.